The number of rotatable bonds is 3. The van der Waals surface area contributed by atoms with Crippen LogP contribution < -0.4 is 4.90 Å². The molecular formula is C25H21N5O2. The van der Waals surface area contributed by atoms with Crippen molar-refractivity contribution >= 4 is 39.6 Å². The lowest BCUT2D eigenvalue weighted by Gasteiger charge is -2.33. The number of benzene rings is 3. The number of esters is 1. The predicted octanol–water partition coefficient (Wildman–Crippen LogP) is 3.68. The molecule has 32 heavy (non-hydrogen) atoms. The van der Waals surface area contributed by atoms with E-state index in [1.165, 1.54) is 0 Å². The van der Waals surface area contributed by atoms with Crippen LogP contribution in [0.1, 0.15) is 5.56 Å². The number of aromatic amines is 1. The van der Waals surface area contributed by atoms with E-state index in [2.05, 4.69) is 24.8 Å². The Balaban J connectivity index is 1.20. The quantitative estimate of drug-likeness (QED) is 0.402. The minimum absolute atomic E-state index is 0.338. The van der Waals surface area contributed by atoms with Gasteiger partial charge >= 0.3 is 5.97 Å². The van der Waals surface area contributed by atoms with E-state index >= 15 is 0 Å². The first-order valence-corrected chi connectivity index (χ1v) is 10.7. The van der Waals surface area contributed by atoms with E-state index in [0.717, 1.165) is 59.5 Å². The summed E-state index contributed by atoms with van der Waals surface area (Å²) >= 11 is 0. The highest BCUT2D eigenvalue weighted by Crippen LogP contribution is 2.24. The average Bonchev–Trinajstić information content (AvgIpc) is 3.43. The second-order valence-electron chi connectivity index (χ2n) is 7.95. The van der Waals surface area contributed by atoms with Crippen molar-refractivity contribution in [1.29, 1.82) is 0 Å². The molecule has 0 aliphatic carbocycles. The number of imidazole rings is 1. The molecular weight excluding hydrogens is 402 g/mol. The van der Waals surface area contributed by atoms with Gasteiger partial charge in [0.1, 0.15) is 0 Å². The van der Waals surface area contributed by atoms with Gasteiger partial charge in [-0.2, -0.15) is 0 Å². The summed E-state index contributed by atoms with van der Waals surface area (Å²) in [6.07, 6.45) is 1.82. The molecule has 2 aliphatic heterocycles. The van der Waals surface area contributed by atoms with Crippen LogP contribution in [0.15, 0.2) is 83.6 Å². The predicted molar refractivity (Wildman–Crippen MR) is 125 cm³/mol. The van der Waals surface area contributed by atoms with Gasteiger partial charge in [0.15, 0.2) is 5.70 Å². The number of hydrogen-bond acceptors (Lipinski definition) is 6. The zero-order chi connectivity index (χ0) is 21.5. The molecule has 1 fully saturated rings. The van der Waals surface area contributed by atoms with E-state index in [9.17, 15) is 4.79 Å². The van der Waals surface area contributed by atoms with Crippen molar-refractivity contribution in [3.8, 4) is 0 Å². The highest BCUT2D eigenvalue weighted by atomic mass is 16.6. The first-order valence-electron chi connectivity index (χ1n) is 10.7. The summed E-state index contributed by atoms with van der Waals surface area (Å²) in [7, 11) is 0. The molecule has 0 spiro atoms. The molecule has 7 nitrogen and oxygen atoms in total. The number of hydrogen-bond donors (Lipinski definition) is 1. The molecule has 2 aliphatic rings. The van der Waals surface area contributed by atoms with Gasteiger partial charge in [0, 0.05) is 37.9 Å². The molecule has 158 valence electrons. The molecule has 3 heterocycles. The smallest absolute Gasteiger partial charge is 0.365 e. The van der Waals surface area contributed by atoms with Crippen LogP contribution in [0.2, 0.25) is 0 Å². The number of piperazine rings is 1. The summed E-state index contributed by atoms with van der Waals surface area (Å²) < 4.78 is 5.52. The lowest BCUT2D eigenvalue weighted by molar-refractivity contribution is -0.130. The van der Waals surface area contributed by atoms with E-state index in [-0.39, 0.29) is 0 Å². The molecule has 1 aromatic heterocycles. The summed E-state index contributed by atoms with van der Waals surface area (Å²) in [6.45, 7) is 3.15. The molecule has 0 unspecified atom stereocenters. The molecule has 0 radical (unpaired) electrons. The summed E-state index contributed by atoms with van der Waals surface area (Å²) in [5, 5.41) is 2.10. The average molecular weight is 423 g/mol. The summed E-state index contributed by atoms with van der Waals surface area (Å²) in [5.41, 5.74) is 3.17. The van der Waals surface area contributed by atoms with Gasteiger partial charge in [-0.05, 0) is 29.0 Å². The number of ether oxygens (including phenoxy) is 1. The zero-order valence-corrected chi connectivity index (χ0v) is 17.4. The Morgan fingerprint density at radius 3 is 2.56 bits per heavy atom. The van der Waals surface area contributed by atoms with Crippen molar-refractivity contribution in [3.63, 3.8) is 0 Å². The summed E-state index contributed by atoms with van der Waals surface area (Å²) in [6, 6.07) is 22.0. The molecule has 3 aromatic carbocycles. The number of aliphatic imine (C=N–C) groups is 1. The molecule has 1 N–H and O–H groups in total. The molecule has 0 saturated carbocycles. The maximum absolute atomic E-state index is 12.5. The second-order valence-corrected chi connectivity index (χ2v) is 7.95. The Kier molecular flexibility index (Phi) is 4.38. The van der Waals surface area contributed by atoms with E-state index in [1.807, 2.05) is 72.9 Å². The Labute approximate surface area is 184 Å². The van der Waals surface area contributed by atoms with Gasteiger partial charge in [0.25, 0.3) is 0 Å². The summed E-state index contributed by atoms with van der Waals surface area (Å²) in [4.78, 5) is 29.4. The van der Waals surface area contributed by atoms with Gasteiger partial charge < -0.3 is 19.5 Å². The Hall–Kier alpha value is -4.13. The number of aromatic nitrogens is 2. The molecule has 0 atom stereocenters. The minimum Gasteiger partial charge on any atom is -0.402 e. The normalized spacial score (nSPS) is 17.9. The van der Waals surface area contributed by atoms with E-state index in [4.69, 9.17) is 4.74 Å². The van der Waals surface area contributed by atoms with E-state index in [0.29, 0.717) is 11.6 Å². The number of cyclic esters (lactones) is 1. The van der Waals surface area contributed by atoms with Crippen LogP contribution in [-0.2, 0) is 9.53 Å². The fraction of sp³-hybridized carbons (Fsp3) is 0.160. The standard InChI is InChI=1S/C25H21N5O2/c31-24-22(26-23(32-24)19-9-5-7-17-6-1-2-8-18(17)19)16-29-12-14-30(15-13-29)25-27-20-10-3-4-11-21(20)28-25/h1-11,16H,12-15H2,(H,27,28). The van der Waals surface area contributed by atoms with Crippen molar-refractivity contribution in [1.82, 2.24) is 14.9 Å². The van der Waals surface area contributed by atoms with Gasteiger partial charge in [-0.3, -0.25) is 0 Å². The minimum atomic E-state index is -0.410. The number of nitrogens with one attached hydrogen (secondary N) is 1. The SMILES string of the molecule is O=C1OC(c2cccc3ccccc23)=NC1=CN1CCN(c2nc3ccccc3[nH]2)CC1. The number of fused-ring (bicyclic) bond motifs is 2. The van der Waals surface area contributed by atoms with Crippen molar-refractivity contribution in [3.05, 3.63) is 84.2 Å². The first-order chi connectivity index (χ1) is 15.7. The Bertz CT molecular complexity index is 1360. The third-order valence-electron chi connectivity index (χ3n) is 5.94. The highest BCUT2D eigenvalue weighted by Gasteiger charge is 2.27. The van der Waals surface area contributed by atoms with Gasteiger partial charge in [0.2, 0.25) is 11.8 Å². The second kappa shape index (κ2) is 7.53. The van der Waals surface area contributed by atoms with E-state index < -0.39 is 5.97 Å². The number of nitrogens with zero attached hydrogens (tertiary/aromatic N) is 4. The molecule has 7 heteroatoms. The lowest BCUT2D eigenvalue weighted by atomic mass is 10.0. The van der Waals surface area contributed by atoms with Crippen molar-refractivity contribution in [2.75, 3.05) is 31.1 Å². The maximum atomic E-state index is 12.5. The number of H-pyrrole nitrogens is 1. The maximum Gasteiger partial charge on any atom is 0.365 e. The Morgan fingerprint density at radius 2 is 1.69 bits per heavy atom. The van der Waals surface area contributed by atoms with Crippen molar-refractivity contribution in [2.24, 2.45) is 4.99 Å². The number of carbonyl (C=O) groups excluding carboxylic acids is 1. The van der Waals surface area contributed by atoms with Crippen LogP contribution in [0.3, 0.4) is 0 Å². The van der Waals surface area contributed by atoms with Crippen molar-refractivity contribution < 1.29 is 9.53 Å². The topological polar surface area (TPSA) is 73.8 Å². The van der Waals surface area contributed by atoms with Gasteiger partial charge in [-0.25, -0.2) is 14.8 Å². The molecule has 1 saturated heterocycles. The van der Waals surface area contributed by atoms with Crippen LogP contribution in [-0.4, -0.2) is 52.9 Å². The Morgan fingerprint density at radius 1 is 0.906 bits per heavy atom. The van der Waals surface area contributed by atoms with Crippen molar-refractivity contribution in [2.45, 2.75) is 0 Å². The van der Waals surface area contributed by atoms with Gasteiger partial charge in [-0.15, -0.1) is 0 Å². The first kappa shape index (κ1) is 18.6. The van der Waals surface area contributed by atoms with E-state index in [1.54, 1.807) is 0 Å². The van der Waals surface area contributed by atoms with Crippen LogP contribution in [0.25, 0.3) is 21.8 Å². The number of anilines is 1. The van der Waals surface area contributed by atoms with Gasteiger partial charge in [-0.1, -0.05) is 48.5 Å². The lowest BCUT2D eigenvalue weighted by Crippen LogP contribution is -2.44. The van der Waals surface area contributed by atoms with Crippen LogP contribution in [0.4, 0.5) is 5.95 Å². The third kappa shape index (κ3) is 3.28. The summed E-state index contributed by atoms with van der Waals surface area (Å²) in [5.74, 6) is 0.835. The van der Waals surface area contributed by atoms with Gasteiger partial charge in [0.05, 0.1) is 11.0 Å². The zero-order valence-electron chi connectivity index (χ0n) is 17.4. The van der Waals surface area contributed by atoms with Crippen LogP contribution in [0, 0.1) is 0 Å². The molecule has 4 aromatic rings. The highest BCUT2D eigenvalue weighted by molar-refractivity contribution is 6.16. The monoisotopic (exact) mass is 423 g/mol. The third-order valence-corrected chi connectivity index (χ3v) is 5.94. The van der Waals surface area contributed by atoms with Crippen LogP contribution >= 0.6 is 0 Å². The largest absolute Gasteiger partial charge is 0.402 e. The molecule has 6 rings (SSSR count). The molecule has 0 amide bonds. The fourth-order valence-electron chi connectivity index (χ4n) is 4.25. The fourth-order valence-corrected chi connectivity index (χ4v) is 4.25. The van der Waals surface area contributed by atoms with Crippen LogP contribution in [0.5, 0.6) is 0 Å². The number of para-hydroxylation sites is 2. The number of carbonyl (C=O) groups is 1. The molecule has 0 bridgehead atoms.